The Morgan fingerprint density at radius 3 is 2.40 bits per heavy atom. The van der Waals surface area contributed by atoms with E-state index in [1.54, 1.807) is 12.1 Å². The normalized spacial score (nSPS) is 13.0. The molecule has 0 aromatic heterocycles. The minimum Gasteiger partial charge on any atom is -0.508 e. The third-order valence-electron chi connectivity index (χ3n) is 1.17. The van der Waals surface area contributed by atoms with Crippen molar-refractivity contribution in [3.63, 3.8) is 0 Å². The Morgan fingerprint density at radius 1 is 1.40 bits per heavy atom. The van der Waals surface area contributed by atoms with Crippen LogP contribution in [0, 0.1) is 0 Å². The van der Waals surface area contributed by atoms with E-state index >= 15 is 0 Å². The molecule has 1 unspecified atom stereocenters. The van der Waals surface area contributed by atoms with Crippen molar-refractivity contribution in [2.75, 3.05) is 0 Å². The van der Waals surface area contributed by atoms with Crippen LogP contribution in [0.3, 0.4) is 0 Å². The van der Waals surface area contributed by atoms with Gasteiger partial charge in [0.25, 0.3) is 0 Å². The molecule has 1 rings (SSSR count). The highest BCUT2D eigenvalue weighted by atomic mass is 35.5. The van der Waals surface area contributed by atoms with Gasteiger partial charge in [-0.25, -0.2) is 4.39 Å². The SMILES string of the molecule is Oc1ccccc1C(F)Cl. The first-order chi connectivity index (χ1) is 4.72. The molecule has 0 aliphatic heterocycles. The first kappa shape index (κ1) is 7.35. The van der Waals surface area contributed by atoms with Crippen LogP contribution in [0.25, 0.3) is 0 Å². The molecule has 1 N–H and O–H groups in total. The van der Waals surface area contributed by atoms with Crippen molar-refractivity contribution in [3.05, 3.63) is 29.8 Å². The molecule has 0 radical (unpaired) electrons. The number of phenolic OH excluding ortho intramolecular Hbond substituents is 1. The highest BCUT2D eigenvalue weighted by Gasteiger charge is 2.08. The summed E-state index contributed by atoms with van der Waals surface area (Å²) < 4.78 is 12.3. The fraction of sp³-hybridized carbons (Fsp3) is 0.143. The van der Waals surface area contributed by atoms with Crippen LogP contribution in [0.2, 0.25) is 0 Å². The molecule has 1 nitrogen and oxygen atoms in total. The molecule has 0 saturated heterocycles. The van der Waals surface area contributed by atoms with Crippen molar-refractivity contribution in [3.8, 4) is 5.75 Å². The molecule has 3 heteroatoms. The summed E-state index contributed by atoms with van der Waals surface area (Å²) in [7, 11) is 0. The van der Waals surface area contributed by atoms with E-state index in [-0.39, 0.29) is 11.3 Å². The Hall–Kier alpha value is -0.760. The van der Waals surface area contributed by atoms with Crippen molar-refractivity contribution < 1.29 is 9.50 Å². The molecule has 1 atom stereocenters. The molecule has 1 aromatic carbocycles. The standard InChI is InChI=1S/C7H6ClFO/c8-7(9)5-3-1-2-4-6(5)10/h1-4,7,10H. The first-order valence-electron chi connectivity index (χ1n) is 2.78. The van der Waals surface area contributed by atoms with Crippen molar-refractivity contribution in [1.82, 2.24) is 0 Å². The molecule has 0 fully saturated rings. The number of hydrogen-bond donors (Lipinski definition) is 1. The van der Waals surface area contributed by atoms with Gasteiger partial charge in [-0.1, -0.05) is 29.8 Å². The fourth-order valence-corrected chi connectivity index (χ4v) is 0.857. The summed E-state index contributed by atoms with van der Waals surface area (Å²) in [4.78, 5) is 0. The fourth-order valence-electron chi connectivity index (χ4n) is 0.672. The van der Waals surface area contributed by atoms with Crippen LogP contribution in [-0.2, 0) is 0 Å². The topological polar surface area (TPSA) is 20.2 Å². The quantitative estimate of drug-likeness (QED) is 0.627. The maximum absolute atomic E-state index is 12.3. The molecule has 0 heterocycles. The highest BCUT2D eigenvalue weighted by molar-refractivity contribution is 6.19. The summed E-state index contributed by atoms with van der Waals surface area (Å²) in [5.41, 5.74) is -1.51. The average Bonchev–Trinajstić information content (AvgIpc) is 1.88. The lowest BCUT2D eigenvalue weighted by molar-refractivity contribution is 0.420. The van der Waals surface area contributed by atoms with Gasteiger partial charge in [0.2, 0.25) is 5.63 Å². The van der Waals surface area contributed by atoms with E-state index in [9.17, 15) is 4.39 Å². The third kappa shape index (κ3) is 1.39. The van der Waals surface area contributed by atoms with Crippen LogP contribution in [0.5, 0.6) is 5.75 Å². The monoisotopic (exact) mass is 160 g/mol. The second-order valence-electron chi connectivity index (χ2n) is 1.86. The number of alkyl halides is 2. The molecule has 0 saturated carbocycles. The van der Waals surface area contributed by atoms with Crippen molar-refractivity contribution in [1.29, 1.82) is 0 Å². The maximum Gasteiger partial charge on any atom is 0.202 e. The Kier molecular flexibility index (Phi) is 2.12. The van der Waals surface area contributed by atoms with E-state index in [2.05, 4.69) is 0 Å². The predicted octanol–water partition coefficient (Wildman–Crippen LogP) is 2.60. The largest absolute Gasteiger partial charge is 0.508 e. The summed E-state index contributed by atoms with van der Waals surface area (Å²) in [5, 5.41) is 8.96. The van der Waals surface area contributed by atoms with Crippen LogP contribution in [0.15, 0.2) is 24.3 Å². The second kappa shape index (κ2) is 2.88. The molecule has 1 aromatic rings. The van der Waals surface area contributed by atoms with Gasteiger partial charge < -0.3 is 5.11 Å². The van der Waals surface area contributed by atoms with Gasteiger partial charge in [-0.2, -0.15) is 0 Å². The van der Waals surface area contributed by atoms with E-state index in [4.69, 9.17) is 16.7 Å². The number of aromatic hydroxyl groups is 1. The number of halogens is 2. The molecule has 0 amide bonds. The lowest BCUT2D eigenvalue weighted by Gasteiger charge is -2.01. The summed E-state index contributed by atoms with van der Waals surface area (Å²) in [5.74, 6) is -0.106. The van der Waals surface area contributed by atoms with Gasteiger partial charge in [-0.15, -0.1) is 0 Å². The van der Waals surface area contributed by atoms with Gasteiger partial charge in [0.05, 0.1) is 0 Å². The summed E-state index contributed by atoms with van der Waals surface area (Å²) in [6.45, 7) is 0. The van der Waals surface area contributed by atoms with Crippen LogP contribution < -0.4 is 0 Å². The predicted molar refractivity (Wildman–Crippen MR) is 37.8 cm³/mol. The molecule has 54 valence electrons. The molecule has 0 bridgehead atoms. The van der Waals surface area contributed by atoms with Gasteiger partial charge in [0, 0.05) is 5.56 Å². The van der Waals surface area contributed by atoms with Gasteiger partial charge in [-0.05, 0) is 6.07 Å². The lowest BCUT2D eigenvalue weighted by atomic mass is 10.2. The second-order valence-corrected chi connectivity index (χ2v) is 2.24. The zero-order valence-electron chi connectivity index (χ0n) is 5.09. The molecule has 0 aliphatic carbocycles. The first-order valence-corrected chi connectivity index (χ1v) is 3.21. The van der Waals surface area contributed by atoms with Crippen molar-refractivity contribution in [2.45, 2.75) is 5.63 Å². The molecular formula is C7H6ClFO. The van der Waals surface area contributed by atoms with E-state index in [1.165, 1.54) is 12.1 Å². The smallest absolute Gasteiger partial charge is 0.202 e. The minimum atomic E-state index is -1.62. The number of hydrogen-bond acceptors (Lipinski definition) is 1. The Morgan fingerprint density at radius 2 is 2.00 bits per heavy atom. The molecule has 0 aliphatic rings. The molecule has 0 spiro atoms. The zero-order chi connectivity index (χ0) is 7.56. The Balaban J connectivity index is 3.03. The third-order valence-corrected chi connectivity index (χ3v) is 1.41. The Bertz CT molecular complexity index is 225. The number of para-hydroxylation sites is 1. The number of rotatable bonds is 1. The van der Waals surface area contributed by atoms with E-state index in [1.807, 2.05) is 0 Å². The molecule has 10 heavy (non-hydrogen) atoms. The zero-order valence-corrected chi connectivity index (χ0v) is 5.85. The van der Waals surface area contributed by atoms with Gasteiger partial charge in [0.1, 0.15) is 5.75 Å². The summed E-state index contributed by atoms with van der Waals surface area (Å²) >= 11 is 5.08. The van der Waals surface area contributed by atoms with E-state index in [0.29, 0.717) is 0 Å². The number of benzene rings is 1. The van der Waals surface area contributed by atoms with Crippen LogP contribution in [0.1, 0.15) is 11.2 Å². The lowest BCUT2D eigenvalue weighted by Crippen LogP contribution is -1.81. The van der Waals surface area contributed by atoms with Crippen LogP contribution in [-0.4, -0.2) is 5.11 Å². The minimum absolute atomic E-state index is 0.106. The van der Waals surface area contributed by atoms with Gasteiger partial charge in [0.15, 0.2) is 0 Å². The average molecular weight is 161 g/mol. The van der Waals surface area contributed by atoms with Gasteiger partial charge >= 0.3 is 0 Å². The van der Waals surface area contributed by atoms with E-state index < -0.39 is 5.63 Å². The van der Waals surface area contributed by atoms with Crippen LogP contribution >= 0.6 is 11.6 Å². The van der Waals surface area contributed by atoms with Crippen molar-refractivity contribution >= 4 is 11.6 Å². The van der Waals surface area contributed by atoms with Gasteiger partial charge in [-0.3, -0.25) is 0 Å². The maximum atomic E-state index is 12.3. The van der Waals surface area contributed by atoms with E-state index in [0.717, 1.165) is 0 Å². The summed E-state index contributed by atoms with van der Waals surface area (Å²) in [6, 6.07) is 6.05. The van der Waals surface area contributed by atoms with Crippen LogP contribution in [0.4, 0.5) is 4.39 Å². The number of phenols is 1. The Labute approximate surface area is 63.1 Å². The molecular weight excluding hydrogens is 155 g/mol. The highest BCUT2D eigenvalue weighted by Crippen LogP contribution is 2.28. The summed E-state index contributed by atoms with van der Waals surface area (Å²) in [6.07, 6.45) is 0. The van der Waals surface area contributed by atoms with Crippen molar-refractivity contribution in [2.24, 2.45) is 0 Å².